The summed E-state index contributed by atoms with van der Waals surface area (Å²) in [7, 11) is -3.07. The van der Waals surface area contributed by atoms with Crippen LogP contribution in [0.3, 0.4) is 0 Å². The molecule has 29 heavy (non-hydrogen) atoms. The molecular weight excluding hydrogens is 396 g/mol. The van der Waals surface area contributed by atoms with Gasteiger partial charge in [-0.2, -0.15) is 0 Å². The van der Waals surface area contributed by atoms with E-state index < -0.39 is 34.4 Å². The number of rotatable bonds is 7. The Labute approximate surface area is 171 Å². The minimum Gasteiger partial charge on any atom is -0.456 e. The third-order valence-electron chi connectivity index (χ3n) is 7.10. The van der Waals surface area contributed by atoms with Crippen molar-refractivity contribution in [2.24, 2.45) is 23.2 Å². The van der Waals surface area contributed by atoms with Gasteiger partial charge < -0.3 is 15.4 Å². The molecule has 4 saturated carbocycles. The first-order chi connectivity index (χ1) is 13.7. The molecule has 9 heteroatoms. The first-order valence-electron chi connectivity index (χ1n) is 10.7. The topological polar surface area (TPSA) is 119 Å². The molecule has 1 aliphatic heterocycles. The minimum atomic E-state index is -3.07. The van der Waals surface area contributed by atoms with Crippen LogP contribution in [0.2, 0.25) is 0 Å². The summed E-state index contributed by atoms with van der Waals surface area (Å²) in [5.74, 6) is 1.08. The van der Waals surface area contributed by atoms with Gasteiger partial charge in [0.1, 0.15) is 0 Å². The van der Waals surface area contributed by atoms with E-state index in [4.69, 9.17) is 4.74 Å². The van der Waals surface area contributed by atoms with Crippen LogP contribution < -0.4 is 10.6 Å². The van der Waals surface area contributed by atoms with Crippen LogP contribution in [0, 0.1) is 23.2 Å². The second-order valence-electron chi connectivity index (χ2n) is 9.53. The zero-order valence-corrected chi connectivity index (χ0v) is 17.5. The highest BCUT2D eigenvalue weighted by atomic mass is 32.2. The zero-order chi connectivity index (χ0) is 20.6. The lowest BCUT2D eigenvalue weighted by molar-refractivity contribution is -0.149. The van der Waals surface area contributed by atoms with Crippen molar-refractivity contribution in [1.82, 2.24) is 10.6 Å². The van der Waals surface area contributed by atoms with Crippen molar-refractivity contribution < 1.29 is 27.5 Å². The van der Waals surface area contributed by atoms with Gasteiger partial charge in [-0.1, -0.05) is 0 Å². The normalized spacial score (nSPS) is 36.6. The average molecular weight is 427 g/mol. The number of nitrogens with one attached hydrogen (secondary N) is 2. The highest BCUT2D eigenvalue weighted by Gasteiger charge is 2.54. The Kier molecular flexibility index (Phi) is 5.61. The van der Waals surface area contributed by atoms with E-state index in [0.29, 0.717) is 24.2 Å². The third-order valence-corrected chi connectivity index (χ3v) is 8.86. The lowest BCUT2D eigenvalue weighted by atomic mass is 9.49. The summed E-state index contributed by atoms with van der Waals surface area (Å²) in [5.41, 5.74) is -0.236. The van der Waals surface area contributed by atoms with Gasteiger partial charge in [0.2, 0.25) is 5.91 Å². The number of hydrogen-bond acceptors (Lipinski definition) is 6. The molecule has 0 aromatic rings. The van der Waals surface area contributed by atoms with Gasteiger partial charge in [0, 0.05) is 18.0 Å². The van der Waals surface area contributed by atoms with Gasteiger partial charge in [0.05, 0.1) is 17.9 Å². The highest BCUT2D eigenvalue weighted by molar-refractivity contribution is 7.91. The quantitative estimate of drug-likeness (QED) is 0.574. The second-order valence-corrected chi connectivity index (χ2v) is 11.8. The lowest BCUT2D eigenvalue weighted by Crippen LogP contribution is -2.53. The number of amides is 2. The number of sulfone groups is 1. The maximum Gasteiger partial charge on any atom is 0.308 e. The SMILES string of the molecule is O=C(COC(=O)CCNC(=O)C12CC3CC(CC(C3)C1)C2)N[C@H]1CCS(=O)(=O)C1. The lowest BCUT2D eigenvalue weighted by Gasteiger charge is -2.55. The van der Waals surface area contributed by atoms with Crippen LogP contribution >= 0.6 is 0 Å². The molecule has 2 amide bonds. The van der Waals surface area contributed by atoms with Crippen LogP contribution in [0.15, 0.2) is 0 Å². The summed E-state index contributed by atoms with van der Waals surface area (Å²) in [6.07, 6.45) is 7.15. The molecule has 0 aromatic carbocycles. The molecule has 4 bridgehead atoms. The molecule has 162 valence electrons. The number of esters is 1. The number of hydrogen-bond donors (Lipinski definition) is 2. The molecule has 0 spiro atoms. The van der Waals surface area contributed by atoms with Crippen LogP contribution in [0.5, 0.6) is 0 Å². The summed E-state index contributed by atoms with van der Waals surface area (Å²) in [6.45, 7) is -0.222. The van der Waals surface area contributed by atoms with E-state index in [0.717, 1.165) is 19.3 Å². The first-order valence-corrected chi connectivity index (χ1v) is 12.5. The fourth-order valence-corrected chi connectivity index (χ4v) is 7.92. The molecule has 2 N–H and O–H groups in total. The predicted molar refractivity (Wildman–Crippen MR) is 104 cm³/mol. The molecule has 5 aliphatic rings. The maximum atomic E-state index is 12.8. The summed E-state index contributed by atoms with van der Waals surface area (Å²) < 4.78 is 27.7. The molecule has 0 radical (unpaired) electrons. The molecule has 1 heterocycles. The van der Waals surface area contributed by atoms with Crippen molar-refractivity contribution in [3.63, 3.8) is 0 Å². The standard InChI is InChI=1S/C20H30N2O6S/c23-17(22-16-2-4-29(26,27)12-16)11-28-18(24)1-3-21-19(25)20-8-13-5-14(9-20)7-15(6-13)10-20/h13-16H,1-12H2,(H,21,25)(H,22,23)/t13?,14?,15?,16-,20?/m0/s1. The Bertz CT molecular complexity index is 758. The van der Waals surface area contributed by atoms with Gasteiger partial charge >= 0.3 is 5.97 Å². The highest BCUT2D eigenvalue weighted by Crippen LogP contribution is 2.60. The van der Waals surface area contributed by atoms with E-state index in [-0.39, 0.29) is 35.8 Å². The van der Waals surface area contributed by atoms with Gasteiger partial charge in [-0.3, -0.25) is 14.4 Å². The second kappa shape index (κ2) is 7.89. The molecule has 4 aliphatic carbocycles. The number of carbonyl (C=O) groups is 3. The first kappa shape index (κ1) is 20.6. The van der Waals surface area contributed by atoms with Gasteiger partial charge in [0.15, 0.2) is 16.4 Å². The van der Waals surface area contributed by atoms with Gasteiger partial charge in [-0.05, 0) is 62.7 Å². The van der Waals surface area contributed by atoms with Gasteiger partial charge in [0.25, 0.3) is 5.91 Å². The Morgan fingerprint density at radius 1 is 1.00 bits per heavy atom. The Morgan fingerprint density at radius 3 is 2.17 bits per heavy atom. The molecule has 0 unspecified atom stereocenters. The Balaban J connectivity index is 1.14. The minimum absolute atomic E-state index is 0.0171. The third kappa shape index (κ3) is 4.75. The summed E-state index contributed by atoms with van der Waals surface area (Å²) in [5, 5.41) is 5.49. The van der Waals surface area contributed by atoms with Crippen LogP contribution in [-0.2, 0) is 29.0 Å². The molecule has 5 fully saturated rings. The van der Waals surface area contributed by atoms with E-state index in [1.54, 1.807) is 0 Å². The smallest absolute Gasteiger partial charge is 0.308 e. The van der Waals surface area contributed by atoms with Crippen molar-refractivity contribution in [3.8, 4) is 0 Å². The summed E-state index contributed by atoms with van der Waals surface area (Å²) >= 11 is 0. The Hall–Kier alpha value is -1.64. The van der Waals surface area contributed by atoms with Gasteiger partial charge in [-0.15, -0.1) is 0 Å². The fraction of sp³-hybridized carbons (Fsp3) is 0.850. The monoisotopic (exact) mass is 426 g/mol. The van der Waals surface area contributed by atoms with Crippen LogP contribution in [0.1, 0.15) is 51.4 Å². The predicted octanol–water partition coefficient (Wildman–Crippen LogP) is 0.556. The van der Waals surface area contributed by atoms with E-state index in [9.17, 15) is 22.8 Å². The van der Waals surface area contributed by atoms with Crippen molar-refractivity contribution in [2.45, 2.75) is 57.4 Å². The maximum absolute atomic E-state index is 12.8. The van der Waals surface area contributed by atoms with E-state index >= 15 is 0 Å². The van der Waals surface area contributed by atoms with Crippen LogP contribution in [0.25, 0.3) is 0 Å². The van der Waals surface area contributed by atoms with Crippen molar-refractivity contribution in [1.29, 1.82) is 0 Å². The largest absolute Gasteiger partial charge is 0.456 e. The van der Waals surface area contributed by atoms with Crippen LogP contribution in [0.4, 0.5) is 0 Å². The van der Waals surface area contributed by atoms with Crippen LogP contribution in [-0.4, -0.2) is 56.9 Å². The van der Waals surface area contributed by atoms with E-state index in [1.807, 2.05) is 0 Å². The molecule has 8 nitrogen and oxygen atoms in total. The van der Waals surface area contributed by atoms with E-state index in [2.05, 4.69) is 10.6 Å². The zero-order valence-electron chi connectivity index (χ0n) is 16.7. The number of ether oxygens (including phenoxy) is 1. The molecular formula is C20H30N2O6S. The molecule has 5 rings (SSSR count). The fourth-order valence-electron chi connectivity index (χ4n) is 6.25. The van der Waals surface area contributed by atoms with Crippen molar-refractivity contribution in [3.05, 3.63) is 0 Å². The van der Waals surface area contributed by atoms with Crippen molar-refractivity contribution in [2.75, 3.05) is 24.7 Å². The molecule has 0 aromatic heterocycles. The summed E-state index contributed by atoms with van der Waals surface area (Å²) in [6, 6.07) is -0.411. The molecule has 1 saturated heterocycles. The molecule has 1 atom stereocenters. The van der Waals surface area contributed by atoms with Gasteiger partial charge in [-0.25, -0.2) is 8.42 Å². The summed E-state index contributed by atoms with van der Waals surface area (Å²) in [4.78, 5) is 36.5. The van der Waals surface area contributed by atoms with Crippen molar-refractivity contribution >= 4 is 27.6 Å². The Morgan fingerprint density at radius 2 is 1.62 bits per heavy atom. The average Bonchev–Trinajstić information content (AvgIpc) is 2.97. The number of carbonyl (C=O) groups excluding carboxylic acids is 3. The van der Waals surface area contributed by atoms with E-state index in [1.165, 1.54) is 19.3 Å².